The summed E-state index contributed by atoms with van der Waals surface area (Å²) in [6, 6.07) is 5.16. The first-order valence-corrected chi connectivity index (χ1v) is 6.22. The van der Waals surface area contributed by atoms with Gasteiger partial charge in [0.15, 0.2) is 0 Å². The zero-order valence-electron chi connectivity index (χ0n) is 10.8. The minimum atomic E-state index is -0.175. The molecule has 1 heterocycles. The second-order valence-electron chi connectivity index (χ2n) is 6.06. The van der Waals surface area contributed by atoms with Gasteiger partial charge in [-0.25, -0.2) is 4.39 Å². The summed E-state index contributed by atoms with van der Waals surface area (Å²) in [4.78, 5) is 0. The Balaban J connectivity index is 2.09. The Kier molecular flexibility index (Phi) is 3.27. The predicted molar refractivity (Wildman–Crippen MR) is 70.9 cm³/mol. The van der Waals surface area contributed by atoms with Crippen molar-refractivity contribution in [3.05, 3.63) is 24.0 Å². The van der Waals surface area contributed by atoms with Crippen LogP contribution in [0.3, 0.4) is 0 Å². The van der Waals surface area contributed by atoms with Crippen molar-refractivity contribution in [3.63, 3.8) is 0 Å². The van der Waals surface area contributed by atoms with Crippen molar-refractivity contribution in [1.29, 1.82) is 0 Å². The number of rotatable bonds is 1. The SMILES string of the molecule is CC(C)(C)CC1CNc2cccc(F)c2NC1. The molecule has 1 aliphatic heterocycles. The maximum Gasteiger partial charge on any atom is 0.148 e. The third-order valence-electron chi connectivity index (χ3n) is 3.06. The van der Waals surface area contributed by atoms with E-state index in [2.05, 4.69) is 31.4 Å². The second-order valence-corrected chi connectivity index (χ2v) is 6.06. The van der Waals surface area contributed by atoms with Gasteiger partial charge in [0.05, 0.1) is 11.4 Å². The Hall–Kier alpha value is -1.25. The first-order valence-electron chi connectivity index (χ1n) is 6.22. The molecule has 1 aromatic carbocycles. The van der Waals surface area contributed by atoms with Crippen LogP contribution in [0.15, 0.2) is 18.2 Å². The molecule has 0 aromatic heterocycles. The number of fused-ring (bicyclic) bond motifs is 1. The van der Waals surface area contributed by atoms with Gasteiger partial charge >= 0.3 is 0 Å². The van der Waals surface area contributed by atoms with Crippen LogP contribution in [-0.2, 0) is 0 Å². The monoisotopic (exact) mass is 236 g/mol. The molecule has 0 saturated carbocycles. The zero-order chi connectivity index (χ0) is 12.5. The van der Waals surface area contributed by atoms with Crippen LogP contribution in [0.5, 0.6) is 0 Å². The fraction of sp³-hybridized carbons (Fsp3) is 0.571. The van der Waals surface area contributed by atoms with Gasteiger partial charge in [0.1, 0.15) is 5.82 Å². The van der Waals surface area contributed by atoms with Crippen molar-refractivity contribution in [2.24, 2.45) is 11.3 Å². The highest BCUT2D eigenvalue weighted by Gasteiger charge is 2.22. The number of para-hydroxylation sites is 1. The third kappa shape index (κ3) is 3.11. The molecule has 0 saturated heterocycles. The second kappa shape index (κ2) is 4.55. The van der Waals surface area contributed by atoms with Gasteiger partial charge in [0.25, 0.3) is 0 Å². The van der Waals surface area contributed by atoms with E-state index in [1.54, 1.807) is 6.07 Å². The van der Waals surface area contributed by atoms with Gasteiger partial charge < -0.3 is 10.6 Å². The van der Waals surface area contributed by atoms with Crippen LogP contribution in [0.4, 0.5) is 15.8 Å². The van der Waals surface area contributed by atoms with Crippen molar-refractivity contribution in [1.82, 2.24) is 0 Å². The molecule has 0 aliphatic carbocycles. The van der Waals surface area contributed by atoms with Crippen LogP contribution in [0, 0.1) is 17.2 Å². The molecule has 0 amide bonds. The number of halogens is 1. The molecular formula is C14H21FN2. The number of nitrogens with one attached hydrogen (secondary N) is 2. The Bertz CT molecular complexity index is 396. The first kappa shape index (κ1) is 12.2. The molecule has 0 radical (unpaired) electrons. The summed E-state index contributed by atoms with van der Waals surface area (Å²) in [5.74, 6) is 0.355. The van der Waals surface area contributed by atoms with Gasteiger partial charge in [0, 0.05) is 13.1 Å². The molecule has 0 spiro atoms. The minimum absolute atomic E-state index is 0.175. The first-order chi connectivity index (χ1) is 7.96. The van der Waals surface area contributed by atoms with Gasteiger partial charge in [-0.15, -0.1) is 0 Å². The van der Waals surface area contributed by atoms with E-state index in [0.717, 1.165) is 25.2 Å². The van der Waals surface area contributed by atoms with Gasteiger partial charge in [0.2, 0.25) is 0 Å². The topological polar surface area (TPSA) is 24.1 Å². The lowest BCUT2D eigenvalue weighted by Gasteiger charge is -2.25. The lowest BCUT2D eigenvalue weighted by atomic mass is 9.84. The summed E-state index contributed by atoms with van der Waals surface area (Å²) in [5, 5.41) is 6.56. The van der Waals surface area contributed by atoms with Crippen molar-refractivity contribution >= 4 is 11.4 Å². The van der Waals surface area contributed by atoms with Gasteiger partial charge in [-0.05, 0) is 29.9 Å². The molecule has 1 aromatic rings. The number of benzene rings is 1. The van der Waals surface area contributed by atoms with Crippen LogP contribution < -0.4 is 10.6 Å². The Morgan fingerprint density at radius 2 is 1.94 bits per heavy atom. The molecule has 1 unspecified atom stereocenters. The van der Waals surface area contributed by atoms with Crippen LogP contribution >= 0.6 is 0 Å². The van der Waals surface area contributed by atoms with Crippen LogP contribution in [0.25, 0.3) is 0 Å². The largest absolute Gasteiger partial charge is 0.383 e. The van der Waals surface area contributed by atoms with Crippen molar-refractivity contribution < 1.29 is 4.39 Å². The molecule has 3 heteroatoms. The molecule has 2 rings (SSSR count). The van der Waals surface area contributed by atoms with Crippen LogP contribution in [0.2, 0.25) is 0 Å². The van der Waals surface area contributed by atoms with Crippen molar-refractivity contribution in [2.75, 3.05) is 23.7 Å². The Morgan fingerprint density at radius 1 is 1.24 bits per heavy atom. The Morgan fingerprint density at radius 3 is 2.65 bits per heavy atom. The average molecular weight is 236 g/mol. The van der Waals surface area contributed by atoms with E-state index >= 15 is 0 Å². The summed E-state index contributed by atoms with van der Waals surface area (Å²) >= 11 is 0. The summed E-state index contributed by atoms with van der Waals surface area (Å²) in [6.45, 7) is 8.46. The minimum Gasteiger partial charge on any atom is -0.383 e. The van der Waals surface area contributed by atoms with E-state index in [1.807, 2.05) is 6.07 Å². The van der Waals surface area contributed by atoms with E-state index in [9.17, 15) is 4.39 Å². The smallest absolute Gasteiger partial charge is 0.148 e. The van der Waals surface area contributed by atoms with Gasteiger partial charge in [-0.2, -0.15) is 0 Å². The normalized spacial score (nSPS) is 19.9. The molecule has 0 bridgehead atoms. The number of hydrogen-bond acceptors (Lipinski definition) is 2. The molecule has 2 nitrogen and oxygen atoms in total. The standard InChI is InChI=1S/C14H21FN2/c1-14(2,3)7-10-8-16-12-6-4-5-11(15)13(12)17-9-10/h4-6,10,16-17H,7-9H2,1-3H3. The van der Waals surface area contributed by atoms with E-state index in [0.29, 0.717) is 17.0 Å². The Labute approximate surface area is 103 Å². The van der Waals surface area contributed by atoms with E-state index in [-0.39, 0.29) is 5.82 Å². The zero-order valence-corrected chi connectivity index (χ0v) is 10.8. The lowest BCUT2D eigenvalue weighted by molar-refractivity contribution is 0.310. The summed E-state index contributed by atoms with van der Waals surface area (Å²) in [7, 11) is 0. The molecule has 1 atom stereocenters. The van der Waals surface area contributed by atoms with Crippen molar-refractivity contribution in [3.8, 4) is 0 Å². The lowest BCUT2D eigenvalue weighted by Crippen LogP contribution is -2.24. The van der Waals surface area contributed by atoms with Crippen molar-refractivity contribution in [2.45, 2.75) is 27.2 Å². The molecule has 2 N–H and O–H groups in total. The third-order valence-corrected chi connectivity index (χ3v) is 3.06. The molecule has 94 valence electrons. The molecular weight excluding hydrogens is 215 g/mol. The predicted octanol–water partition coefficient (Wildman–Crippen LogP) is 3.72. The highest BCUT2D eigenvalue weighted by molar-refractivity contribution is 5.70. The molecule has 0 fully saturated rings. The average Bonchev–Trinajstić information content (AvgIpc) is 2.40. The highest BCUT2D eigenvalue weighted by Crippen LogP contribution is 2.31. The summed E-state index contributed by atoms with van der Waals surface area (Å²) in [5.41, 5.74) is 1.80. The fourth-order valence-electron chi connectivity index (χ4n) is 2.43. The van der Waals surface area contributed by atoms with E-state index in [4.69, 9.17) is 0 Å². The quantitative estimate of drug-likeness (QED) is 0.776. The highest BCUT2D eigenvalue weighted by atomic mass is 19.1. The maximum atomic E-state index is 13.6. The fourth-order valence-corrected chi connectivity index (χ4v) is 2.43. The molecule has 17 heavy (non-hydrogen) atoms. The summed E-state index contributed by atoms with van der Waals surface area (Å²) < 4.78 is 13.6. The number of anilines is 2. The molecule has 1 aliphatic rings. The van der Waals surface area contributed by atoms with Gasteiger partial charge in [-0.3, -0.25) is 0 Å². The van der Waals surface area contributed by atoms with E-state index < -0.39 is 0 Å². The summed E-state index contributed by atoms with van der Waals surface area (Å²) in [6.07, 6.45) is 1.13. The number of hydrogen-bond donors (Lipinski definition) is 2. The van der Waals surface area contributed by atoms with Crippen LogP contribution in [0.1, 0.15) is 27.2 Å². The maximum absolute atomic E-state index is 13.6. The van der Waals surface area contributed by atoms with Gasteiger partial charge in [-0.1, -0.05) is 26.8 Å². The van der Waals surface area contributed by atoms with E-state index in [1.165, 1.54) is 6.07 Å². The van der Waals surface area contributed by atoms with Crippen LogP contribution in [-0.4, -0.2) is 13.1 Å².